The van der Waals surface area contributed by atoms with Gasteiger partial charge in [-0.1, -0.05) is 0 Å². The van der Waals surface area contributed by atoms with Crippen LogP contribution in [0.1, 0.15) is 6.42 Å². The molecule has 0 aliphatic carbocycles. The minimum atomic E-state index is -1.02. The summed E-state index contributed by atoms with van der Waals surface area (Å²) in [6.07, 6.45) is 1.05. The number of carboxylic acid groups (broad SMARTS) is 1. The Bertz CT molecular complexity index is 558. The predicted molar refractivity (Wildman–Crippen MR) is 73.4 cm³/mol. The summed E-state index contributed by atoms with van der Waals surface area (Å²) in [7, 11) is 0. The number of nitrogen functional groups attached to an aromatic ring is 1. The number of carbonyl (C=O) groups excluding carboxylic acids is 1. The number of hydrogen-bond donors (Lipinski definition) is 4. The Kier molecular flexibility index (Phi) is 5.59. The number of aliphatic carboxylic acids is 1. The fourth-order valence-corrected chi connectivity index (χ4v) is 1.26. The second-order valence-electron chi connectivity index (χ2n) is 3.84. The van der Waals surface area contributed by atoms with Crippen LogP contribution in [0.4, 0.5) is 11.4 Å². The first-order valence-corrected chi connectivity index (χ1v) is 5.75. The number of hydrogen-bond acceptors (Lipinski definition) is 5. The number of nitrogens with one attached hydrogen (secondary N) is 2. The van der Waals surface area contributed by atoms with Crippen molar-refractivity contribution in [3.8, 4) is 6.07 Å². The van der Waals surface area contributed by atoms with Gasteiger partial charge < -0.3 is 21.5 Å². The minimum Gasteiger partial charge on any atom is -0.481 e. The highest BCUT2D eigenvalue weighted by molar-refractivity contribution is 5.97. The average Bonchev–Trinajstić information content (AvgIpc) is 2.41. The number of nitriles is 1. The number of rotatable bonds is 6. The van der Waals surface area contributed by atoms with Crippen LogP contribution in [0.2, 0.25) is 0 Å². The normalized spacial score (nSPS) is 10.4. The Hall–Kier alpha value is -3.01. The van der Waals surface area contributed by atoms with Gasteiger partial charge in [0, 0.05) is 24.1 Å². The van der Waals surface area contributed by atoms with E-state index in [0.717, 1.165) is 0 Å². The summed E-state index contributed by atoms with van der Waals surface area (Å²) < 4.78 is 0. The first-order chi connectivity index (χ1) is 9.52. The molecule has 0 unspecified atom stereocenters. The third-order valence-corrected chi connectivity index (χ3v) is 2.28. The van der Waals surface area contributed by atoms with E-state index in [4.69, 9.17) is 16.1 Å². The molecule has 0 bridgehead atoms. The van der Waals surface area contributed by atoms with Gasteiger partial charge >= 0.3 is 5.97 Å². The van der Waals surface area contributed by atoms with E-state index >= 15 is 0 Å². The number of nitrogens with two attached hydrogens (primary N) is 1. The summed E-state index contributed by atoms with van der Waals surface area (Å²) in [4.78, 5) is 21.9. The van der Waals surface area contributed by atoms with Gasteiger partial charge in [-0.05, 0) is 24.3 Å². The van der Waals surface area contributed by atoms with Crippen molar-refractivity contribution in [2.45, 2.75) is 6.42 Å². The molecule has 104 valence electrons. The van der Waals surface area contributed by atoms with E-state index in [9.17, 15) is 9.59 Å². The number of nitrogens with zero attached hydrogens (tertiary/aromatic N) is 1. The molecule has 0 aromatic heterocycles. The first-order valence-electron chi connectivity index (χ1n) is 5.75. The molecular weight excluding hydrogens is 260 g/mol. The average molecular weight is 274 g/mol. The monoisotopic (exact) mass is 274 g/mol. The number of benzene rings is 1. The molecule has 0 fully saturated rings. The molecule has 7 heteroatoms. The van der Waals surface area contributed by atoms with E-state index in [1.807, 2.05) is 0 Å². The molecule has 20 heavy (non-hydrogen) atoms. The van der Waals surface area contributed by atoms with Crippen LogP contribution >= 0.6 is 0 Å². The Balaban J connectivity index is 2.58. The largest absolute Gasteiger partial charge is 0.481 e. The van der Waals surface area contributed by atoms with Gasteiger partial charge in [0.1, 0.15) is 11.6 Å². The number of amides is 1. The maximum atomic E-state index is 11.6. The number of carboxylic acids is 1. The minimum absolute atomic E-state index is 0.0327. The van der Waals surface area contributed by atoms with Crippen molar-refractivity contribution >= 4 is 23.3 Å². The highest BCUT2D eigenvalue weighted by Gasteiger charge is 2.08. The Morgan fingerprint density at radius 2 is 2.00 bits per heavy atom. The van der Waals surface area contributed by atoms with E-state index in [1.54, 1.807) is 30.3 Å². The third-order valence-electron chi connectivity index (χ3n) is 2.28. The Morgan fingerprint density at radius 3 is 2.55 bits per heavy atom. The lowest BCUT2D eigenvalue weighted by atomic mass is 10.2. The zero-order valence-electron chi connectivity index (χ0n) is 10.6. The fraction of sp³-hybridized carbons (Fsp3) is 0.154. The maximum Gasteiger partial charge on any atom is 0.305 e. The summed E-state index contributed by atoms with van der Waals surface area (Å²) in [5.74, 6) is -1.65. The molecular formula is C13H14N4O3. The van der Waals surface area contributed by atoms with E-state index in [-0.39, 0.29) is 18.5 Å². The summed E-state index contributed by atoms with van der Waals surface area (Å²) in [6, 6.07) is 8.48. The van der Waals surface area contributed by atoms with Gasteiger partial charge in [0.25, 0.3) is 5.91 Å². The Morgan fingerprint density at radius 1 is 1.35 bits per heavy atom. The molecule has 1 aromatic carbocycles. The highest BCUT2D eigenvalue weighted by atomic mass is 16.4. The van der Waals surface area contributed by atoms with Crippen LogP contribution in [-0.4, -0.2) is 23.5 Å². The summed E-state index contributed by atoms with van der Waals surface area (Å²) >= 11 is 0. The summed E-state index contributed by atoms with van der Waals surface area (Å²) in [6.45, 7) is -0.0327. The summed E-state index contributed by atoms with van der Waals surface area (Å²) in [5.41, 5.74) is 6.66. The van der Waals surface area contributed by atoms with Gasteiger partial charge in [-0.2, -0.15) is 5.26 Å². The van der Waals surface area contributed by atoms with Gasteiger partial charge in [0.2, 0.25) is 0 Å². The molecule has 0 spiro atoms. The molecule has 0 radical (unpaired) electrons. The molecule has 7 nitrogen and oxygen atoms in total. The molecule has 0 saturated heterocycles. The zero-order valence-corrected chi connectivity index (χ0v) is 10.6. The SMILES string of the molecule is N#C/C(=C/Nc1ccc(N)cc1)C(=O)NCCC(=O)O. The van der Waals surface area contributed by atoms with Crippen molar-refractivity contribution in [2.75, 3.05) is 17.6 Å². The van der Waals surface area contributed by atoms with Crippen LogP contribution < -0.4 is 16.4 Å². The van der Waals surface area contributed by atoms with Gasteiger partial charge in [0.15, 0.2) is 0 Å². The molecule has 1 amide bonds. The molecule has 5 N–H and O–H groups in total. The van der Waals surface area contributed by atoms with Crippen LogP contribution in [-0.2, 0) is 9.59 Å². The van der Waals surface area contributed by atoms with Crippen LogP contribution in [0.3, 0.4) is 0 Å². The molecule has 0 aliphatic rings. The topological polar surface area (TPSA) is 128 Å². The van der Waals surface area contributed by atoms with Crippen LogP contribution in [0.5, 0.6) is 0 Å². The Labute approximate surface area is 115 Å². The molecule has 0 heterocycles. The fourth-order valence-electron chi connectivity index (χ4n) is 1.26. The van der Waals surface area contributed by atoms with E-state index in [2.05, 4.69) is 10.6 Å². The first kappa shape index (κ1) is 15.0. The molecule has 0 saturated carbocycles. The van der Waals surface area contributed by atoms with E-state index in [0.29, 0.717) is 11.4 Å². The van der Waals surface area contributed by atoms with Crippen molar-refractivity contribution in [3.63, 3.8) is 0 Å². The maximum absolute atomic E-state index is 11.6. The molecule has 1 aromatic rings. The lowest BCUT2D eigenvalue weighted by molar-refractivity contribution is -0.136. The second kappa shape index (κ2) is 7.43. The summed E-state index contributed by atoms with van der Waals surface area (Å²) in [5, 5.41) is 22.4. The van der Waals surface area contributed by atoms with Crippen LogP contribution in [0.15, 0.2) is 36.0 Å². The van der Waals surface area contributed by atoms with E-state index < -0.39 is 11.9 Å². The van der Waals surface area contributed by atoms with Crippen molar-refractivity contribution in [1.82, 2.24) is 5.32 Å². The van der Waals surface area contributed by atoms with Gasteiger partial charge in [-0.15, -0.1) is 0 Å². The van der Waals surface area contributed by atoms with Crippen LogP contribution in [0, 0.1) is 11.3 Å². The van der Waals surface area contributed by atoms with Gasteiger partial charge in [-0.25, -0.2) is 0 Å². The number of carbonyl (C=O) groups is 2. The van der Waals surface area contributed by atoms with Crippen molar-refractivity contribution in [3.05, 3.63) is 36.0 Å². The second-order valence-corrected chi connectivity index (χ2v) is 3.84. The van der Waals surface area contributed by atoms with Crippen molar-refractivity contribution < 1.29 is 14.7 Å². The smallest absolute Gasteiger partial charge is 0.305 e. The third kappa shape index (κ3) is 5.10. The van der Waals surface area contributed by atoms with Crippen molar-refractivity contribution in [1.29, 1.82) is 5.26 Å². The molecule has 0 atom stereocenters. The highest BCUT2D eigenvalue weighted by Crippen LogP contribution is 2.10. The molecule has 0 aliphatic heterocycles. The standard InChI is InChI=1S/C13H14N4O3/c14-7-9(13(20)16-6-5-12(18)19)8-17-11-3-1-10(15)2-4-11/h1-4,8,17H,5-6,15H2,(H,16,20)(H,18,19)/b9-8-. The lowest BCUT2D eigenvalue weighted by Crippen LogP contribution is -2.27. The van der Waals surface area contributed by atoms with Crippen LogP contribution in [0.25, 0.3) is 0 Å². The van der Waals surface area contributed by atoms with Gasteiger partial charge in [-0.3, -0.25) is 9.59 Å². The predicted octanol–water partition coefficient (Wildman–Crippen LogP) is 0.679. The lowest BCUT2D eigenvalue weighted by Gasteiger charge is -2.04. The quantitative estimate of drug-likeness (QED) is 0.343. The number of anilines is 2. The molecule has 1 rings (SSSR count). The van der Waals surface area contributed by atoms with Crippen molar-refractivity contribution in [2.24, 2.45) is 0 Å². The zero-order chi connectivity index (χ0) is 15.0. The van der Waals surface area contributed by atoms with Gasteiger partial charge in [0.05, 0.1) is 6.42 Å². The van der Waals surface area contributed by atoms with E-state index in [1.165, 1.54) is 6.20 Å².